The Morgan fingerprint density at radius 2 is 1.78 bits per heavy atom. The molecular weight excluding hydrogens is 356 g/mol. The van der Waals surface area contributed by atoms with Crippen molar-refractivity contribution in [3.63, 3.8) is 0 Å². The second-order valence-electron chi connectivity index (χ2n) is 6.17. The number of anilines is 1. The zero-order valence-electron chi connectivity index (χ0n) is 15.4. The summed E-state index contributed by atoms with van der Waals surface area (Å²) in [5.74, 6) is -0.131. The van der Waals surface area contributed by atoms with Crippen LogP contribution in [0.5, 0.6) is 0 Å². The molecule has 6 heteroatoms. The molecule has 1 heterocycles. The largest absolute Gasteiger partial charge is 0.372 e. The van der Waals surface area contributed by atoms with Gasteiger partial charge in [0.1, 0.15) is 5.69 Å². The van der Waals surface area contributed by atoms with Gasteiger partial charge in [-0.1, -0.05) is 36.4 Å². The molecule has 3 rings (SSSR count). The number of H-pyrrole nitrogens is 1. The van der Waals surface area contributed by atoms with E-state index < -0.39 is 0 Å². The fraction of sp³-hybridized carbons (Fsp3) is 0.238. The van der Waals surface area contributed by atoms with Crippen molar-refractivity contribution in [1.82, 2.24) is 14.9 Å². The van der Waals surface area contributed by atoms with Gasteiger partial charge in [0.15, 0.2) is 4.77 Å². The first-order chi connectivity index (χ1) is 13.2. The van der Waals surface area contributed by atoms with E-state index in [0.717, 1.165) is 25.2 Å². The third-order valence-corrected chi connectivity index (χ3v) is 4.72. The van der Waals surface area contributed by atoms with Crippen LogP contribution in [0, 0.1) is 4.77 Å². The molecule has 1 aromatic heterocycles. The number of aromatic nitrogens is 2. The first-order valence-electron chi connectivity index (χ1n) is 9.14. The molecule has 0 aliphatic carbocycles. The van der Waals surface area contributed by atoms with Gasteiger partial charge in [-0.15, -0.1) is 0 Å². The summed E-state index contributed by atoms with van der Waals surface area (Å²) in [5.41, 5.74) is 2.59. The van der Waals surface area contributed by atoms with Crippen LogP contribution in [-0.2, 0) is 0 Å². The Morgan fingerprint density at radius 1 is 1.11 bits per heavy atom. The fourth-order valence-corrected chi connectivity index (χ4v) is 3.30. The van der Waals surface area contributed by atoms with Crippen LogP contribution in [0.4, 0.5) is 5.69 Å². The van der Waals surface area contributed by atoms with E-state index >= 15 is 0 Å². The van der Waals surface area contributed by atoms with E-state index in [2.05, 4.69) is 34.3 Å². The van der Waals surface area contributed by atoms with Gasteiger partial charge >= 0.3 is 0 Å². The summed E-state index contributed by atoms with van der Waals surface area (Å²) >= 11 is 5.33. The van der Waals surface area contributed by atoms with Crippen molar-refractivity contribution >= 4 is 23.8 Å². The monoisotopic (exact) mass is 380 g/mol. The molecule has 3 aromatic rings. The number of hydrogen-bond donors (Lipinski definition) is 2. The van der Waals surface area contributed by atoms with Gasteiger partial charge in [0.25, 0.3) is 5.91 Å². The number of carbonyl (C=O) groups excluding carboxylic acids is 1. The third-order valence-electron chi connectivity index (χ3n) is 4.42. The Bertz CT molecular complexity index is 918. The van der Waals surface area contributed by atoms with E-state index in [-0.39, 0.29) is 5.91 Å². The molecule has 5 nitrogen and oxygen atoms in total. The molecule has 0 bridgehead atoms. The number of nitrogens with zero attached hydrogens (tertiary/aromatic N) is 2. The summed E-state index contributed by atoms with van der Waals surface area (Å²) in [5, 5.41) is 3.00. The maximum absolute atomic E-state index is 12.6. The topological polar surface area (TPSA) is 53.1 Å². The van der Waals surface area contributed by atoms with Crippen LogP contribution in [0.25, 0.3) is 5.69 Å². The van der Waals surface area contributed by atoms with Crippen molar-refractivity contribution in [1.29, 1.82) is 0 Å². The van der Waals surface area contributed by atoms with Gasteiger partial charge in [-0.2, -0.15) is 0 Å². The first kappa shape index (κ1) is 18.9. The fourth-order valence-electron chi connectivity index (χ4n) is 3.04. The molecule has 0 aliphatic heterocycles. The predicted octanol–water partition coefficient (Wildman–Crippen LogP) is 4.18. The molecule has 0 saturated heterocycles. The third kappa shape index (κ3) is 4.65. The lowest BCUT2D eigenvalue weighted by Crippen LogP contribution is -2.30. The van der Waals surface area contributed by atoms with Gasteiger partial charge in [-0.25, -0.2) is 0 Å². The second kappa shape index (κ2) is 9.19. The van der Waals surface area contributed by atoms with E-state index in [1.54, 1.807) is 10.8 Å². The highest BCUT2D eigenvalue weighted by molar-refractivity contribution is 7.71. The number of aromatic amines is 1. The minimum Gasteiger partial charge on any atom is -0.372 e. The Balaban J connectivity index is 1.58. The number of para-hydroxylation sites is 2. The summed E-state index contributed by atoms with van der Waals surface area (Å²) in [6, 6.07) is 20.0. The first-order valence-corrected chi connectivity index (χ1v) is 9.55. The number of amides is 1. The SMILES string of the molecule is CCN(CCCNC(=O)c1c[nH]c(=S)n1-c1ccccc1)c1ccccc1. The second-order valence-corrected chi connectivity index (χ2v) is 6.56. The van der Waals surface area contributed by atoms with Crippen LogP contribution in [-0.4, -0.2) is 35.1 Å². The van der Waals surface area contributed by atoms with E-state index in [1.165, 1.54) is 5.69 Å². The van der Waals surface area contributed by atoms with Crippen LogP contribution >= 0.6 is 12.2 Å². The smallest absolute Gasteiger partial charge is 0.269 e. The van der Waals surface area contributed by atoms with Crippen molar-refractivity contribution in [3.8, 4) is 5.69 Å². The summed E-state index contributed by atoms with van der Waals surface area (Å²) < 4.78 is 2.26. The molecular formula is C21H24N4OS. The highest BCUT2D eigenvalue weighted by Crippen LogP contribution is 2.14. The van der Waals surface area contributed by atoms with Crippen LogP contribution in [0.2, 0.25) is 0 Å². The lowest BCUT2D eigenvalue weighted by Gasteiger charge is -2.23. The average molecular weight is 381 g/mol. The normalized spacial score (nSPS) is 10.6. The molecule has 0 unspecified atom stereocenters. The Kier molecular flexibility index (Phi) is 6.44. The van der Waals surface area contributed by atoms with Gasteiger partial charge in [0, 0.05) is 37.2 Å². The molecule has 0 fully saturated rings. The Labute approximate surface area is 164 Å². The predicted molar refractivity (Wildman–Crippen MR) is 112 cm³/mol. The lowest BCUT2D eigenvalue weighted by atomic mass is 10.2. The molecule has 1 amide bonds. The minimum atomic E-state index is -0.131. The number of nitrogens with one attached hydrogen (secondary N) is 2. The molecule has 0 atom stereocenters. The Morgan fingerprint density at radius 3 is 2.44 bits per heavy atom. The number of benzene rings is 2. The van der Waals surface area contributed by atoms with Crippen molar-refractivity contribution in [2.75, 3.05) is 24.5 Å². The van der Waals surface area contributed by atoms with E-state index in [4.69, 9.17) is 12.2 Å². The zero-order chi connectivity index (χ0) is 19.1. The maximum atomic E-state index is 12.6. The number of hydrogen-bond acceptors (Lipinski definition) is 3. The van der Waals surface area contributed by atoms with Crippen molar-refractivity contribution in [2.45, 2.75) is 13.3 Å². The Hall–Kier alpha value is -2.86. The van der Waals surface area contributed by atoms with Gasteiger partial charge in [-0.05, 0) is 49.8 Å². The number of carbonyl (C=O) groups is 1. The highest BCUT2D eigenvalue weighted by Gasteiger charge is 2.14. The van der Waals surface area contributed by atoms with Crippen LogP contribution in [0.3, 0.4) is 0 Å². The summed E-state index contributed by atoms with van der Waals surface area (Å²) in [6.07, 6.45) is 2.53. The minimum absolute atomic E-state index is 0.131. The quantitative estimate of drug-likeness (QED) is 0.455. The molecule has 2 aromatic carbocycles. The van der Waals surface area contributed by atoms with E-state index in [0.29, 0.717) is 17.0 Å². The molecule has 0 aliphatic rings. The van der Waals surface area contributed by atoms with Gasteiger partial charge in [0.2, 0.25) is 0 Å². The molecule has 27 heavy (non-hydrogen) atoms. The van der Waals surface area contributed by atoms with Crippen molar-refractivity contribution in [3.05, 3.63) is 77.3 Å². The molecule has 2 N–H and O–H groups in total. The zero-order valence-corrected chi connectivity index (χ0v) is 16.2. The van der Waals surface area contributed by atoms with Crippen molar-refractivity contribution < 1.29 is 4.79 Å². The summed E-state index contributed by atoms with van der Waals surface area (Å²) in [6.45, 7) is 4.57. The molecule has 0 spiro atoms. The summed E-state index contributed by atoms with van der Waals surface area (Å²) in [7, 11) is 0. The number of imidazole rings is 1. The number of rotatable bonds is 8. The van der Waals surface area contributed by atoms with E-state index in [1.807, 2.05) is 48.5 Å². The van der Waals surface area contributed by atoms with Gasteiger partial charge in [0.05, 0.1) is 0 Å². The summed E-state index contributed by atoms with van der Waals surface area (Å²) in [4.78, 5) is 17.9. The average Bonchev–Trinajstić information content (AvgIpc) is 3.11. The van der Waals surface area contributed by atoms with E-state index in [9.17, 15) is 4.79 Å². The standard InChI is InChI=1S/C21H24N4OS/c1-2-24(17-10-5-3-6-11-17)15-9-14-22-20(26)19-16-23-21(27)25(19)18-12-7-4-8-13-18/h3-8,10-13,16H,2,9,14-15H2,1H3,(H,22,26)(H,23,27). The maximum Gasteiger partial charge on any atom is 0.269 e. The van der Waals surface area contributed by atoms with Crippen LogP contribution in [0.15, 0.2) is 66.9 Å². The van der Waals surface area contributed by atoms with Crippen LogP contribution in [0.1, 0.15) is 23.8 Å². The lowest BCUT2D eigenvalue weighted by molar-refractivity contribution is 0.0946. The van der Waals surface area contributed by atoms with Gasteiger partial charge < -0.3 is 15.2 Å². The molecule has 140 valence electrons. The highest BCUT2D eigenvalue weighted by atomic mass is 32.1. The molecule has 0 radical (unpaired) electrons. The van der Waals surface area contributed by atoms with Gasteiger partial charge in [-0.3, -0.25) is 9.36 Å². The van der Waals surface area contributed by atoms with Crippen molar-refractivity contribution in [2.24, 2.45) is 0 Å². The molecule has 0 saturated carbocycles. The van der Waals surface area contributed by atoms with Crippen LogP contribution < -0.4 is 10.2 Å².